The van der Waals surface area contributed by atoms with Crippen molar-refractivity contribution < 1.29 is 9.53 Å². The van der Waals surface area contributed by atoms with Gasteiger partial charge in [-0.15, -0.1) is 11.3 Å². The summed E-state index contributed by atoms with van der Waals surface area (Å²) in [5, 5.41) is 4.14. The third-order valence-electron chi connectivity index (χ3n) is 4.76. The van der Waals surface area contributed by atoms with Gasteiger partial charge in [0.2, 0.25) is 5.91 Å². The molecule has 0 aliphatic rings. The molecule has 1 amide bonds. The van der Waals surface area contributed by atoms with Gasteiger partial charge in [-0.1, -0.05) is 54.2 Å². The van der Waals surface area contributed by atoms with Crippen LogP contribution in [0.1, 0.15) is 11.3 Å². The zero-order chi connectivity index (χ0) is 23.2. The third-order valence-corrected chi connectivity index (χ3v) is 6.86. The Bertz CT molecular complexity index is 1300. The molecule has 0 aliphatic carbocycles. The summed E-state index contributed by atoms with van der Waals surface area (Å²) in [5.74, 6) is 0.756. The van der Waals surface area contributed by atoms with Crippen LogP contribution in [0.5, 0.6) is 5.75 Å². The molecule has 0 unspecified atom stereocenters. The molecule has 0 aliphatic heterocycles. The lowest BCUT2D eigenvalue weighted by molar-refractivity contribution is -0.118. The summed E-state index contributed by atoms with van der Waals surface area (Å²) in [7, 11) is 1.61. The zero-order valence-corrected chi connectivity index (χ0v) is 19.8. The van der Waals surface area contributed by atoms with Crippen molar-refractivity contribution in [3.63, 3.8) is 0 Å². The highest BCUT2D eigenvalue weighted by molar-refractivity contribution is 7.99. The number of carbonyl (C=O) groups excluding carboxylic acids is 1. The topological polar surface area (TPSA) is 97.0 Å². The zero-order valence-electron chi connectivity index (χ0n) is 18.1. The fourth-order valence-electron chi connectivity index (χ4n) is 3.09. The summed E-state index contributed by atoms with van der Waals surface area (Å²) < 4.78 is 5.13. The van der Waals surface area contributed by atoms with E-state index in [2.05, 4.69) is 20.3 Å². The lowest BCUT2D eigenvalue weighted by atomic mass is 10.2. The highest BCUT2D eigenvalue weighted by Crippen LogP contribution is 2.34. The van der Waals surface area contributed by atoms with Crippen molar-refractivity contribution in [3.05, 3.63) is 82.3 Å². The first-order valence-corrected chi connectivity index (χ1v) is 12.0. The van der Waals surface area contributed by atoms with Gasteiger partial charge in [0.05, 0.1) is 29.1 Å². The van der Waals surface area contributed by atoms with Crippen LogP contribution in [-0.2, 0) is 11.3 Å². The van der Waals surface area contributed by atoms with Gasteiger partial charge in [-0.05, 0) is 24.6 Å². The van der Waals surface area contributed by atoms with E-state index in [-0.39, 0.29) is 17.2 Å². The number of benzene rings is 2. The number of aryl methyl sites for hydroxylation is 1. The van der Waals surface area contributed by atoms with Crippen molar-refractivity contribution in [1.29, 1.82) is 0 Å². The molecule has 0 spiro atoms. The number of nitrogens with one attached hydrogen (secondary N) is 2. The smallest absolute Gasteiger partial charge is 0.252 e. The maximum Gasteiger partial charge on any atom is 0.252 e. The molecule has 0 saturated carbocycles. The standard InChI is InChI=1S/C24H22N4O3S2/c1-15-22(33-23(26-15)17-6-4-3-5-7-17)19-12-20(29)28-24(27-19)32-14-21(30)25-13-16-8-10-18(31-2)11-9-16/h3-12H,13-14H2,1-2H3,(H,25,30)(H,27,28,29). The van der Waals surface area contributed by atoms with Crippen molar-refractivity contribution >= 4 is 29.0 Å². The predicted molar refractivity (Wildman–Crippen MR) is 132 cm³/mol. The lowest BCUT2D eigenvalue weighted by Crippen LogP contribution is -2.24. The van der Waals surface area contributed by atoms with E-state index in [0.717, 1.165) is 32.5 Å². The van der Waals surface area contributed by atoms with Crippen molar-refractivity contribution in [1.82, 2.24) is 20.3 Å². The number of aromatic amines is 1. The van der Waals surface area contributed by atoms with E-state index in [1.165, 1.54) is 29.2 Å². The van der Waals surface area contributed by atoms with E-state index in [4.69, 9.17) is 4.74 Å². The summed E-state index contributed by atoms with van der Waals surface area (Å²) >= 11 is 2.68. The molecule has 33 heavy (non-hydrogen) atoms. The van der Waals surface area contributed by atoms with Gasteiger partial charge < -0.3 is 15.0 Å². The number of carbonyl (C=O) groups is 1. The van der Waals surface area contributed by atoms with Gasteiger partial charge in [0, 0.05) is 18.2 Å². The number of ether oxygens (including phenoxy) is 1. The number of thiazole rings is 1. The number of hydrogen-bond donors (Lipinski definition) is 2. The number of aromatic nitrogens is 3. The van der Waals surface area contributed by atoms with Gasteiger partial charge in [0.1, 0.15) is 10.8 Å². The Hall–Kier alpha value is -3.43. The molecule has 7 nitrogen and oxygen atoms in total. The SMILES string of the molecule is COc1ccc(CNC(=O)CSc2nc(-c3sc(-c4ccccc4)nc3C)cc(=O)[nH]2)cc1. The minimum atomic E-state index is -0.268. The number of methoxy groups -OCH3 is 1. The largest absolute Gasteiger partial charge is 0.497 e. The van der Waals surface area contributed by atoms with Gasteiger partial charge in [0.25, 0.3) is 5.56 Å². The second-order valence-electron chi connectivity index (χ2n) is 7.15. The van der Waals surface area contributed by atoms with E-state index in [1.54, 1.807) is 7.11 Å². The van der Waals surface area contributed by atoms with Crippen LogP contribution in [-0.4, -0.2) is 33.7 Å². The molecule has 9 heteroatoms. The first-order chi connectivity index (χ1) is 16.0. The molecule has 2 heterocycles. The second kappa shape index (κ2) is 10.5. The summed E-state index contributed by atoms with van der Waals surface area (Å²) in [6.07, 6.45) is 0. The Kier molecular flexibility index (Phi) is 7.21. The fourth-order valence-corrected chi connectivity index (χ4v) is 4.83. The lowest BCUT2D eigenvalue weighted by Gasteiger charge is -2.07. The molecule has 0 saturated heterocycles. The Balaban J connectivity index is 1.42. The maximum atomic E-state index is 12.3. The van der Waals surface area contributed by atoms with E-state index in [9.17, 15) is 9.59 Å². The minimum Gasteiger partial charge on any atom is -0.497 e. The molecule has 0 atom stereocenters. The Labute approximate surface area is 199 Å². The molecule has 0 fully saturated rings. The van der Waals surface area contributed by atoms with Crippen molar-refractivity contribution in [2.45, 2.75) is 18.6 Å². The van der Waals surface area contributed by atoms with E-state index >= 15 is 0 Å². The summed E-state index contributed by atoms with van der Waals surface area (Å²) in [6, 6.07) is 18.8. The molecule has 4 aromatic rings. The Morgan fingerprint density at radius 3 is 2.61 bits per heavy atom. The number of rotatable bonds is 8. The van der Waals surface area contributed by atoms with Gasteiger partial charge in [0.15, 0.2) is 5.16 Å². The molecule has 4 rings (SSSR count). The molecule has 2 N–H and O–H groups in total. The first-order valence-electron chi connectivity index (χ1n) is 10.2. The van der Waals surface area contributed by atoms with Crippen LogP contribution in [0, 0.1) is 6.92 Å². The van der Waals surface area contributed by atoms with E-state index in [1.807, 2.05) is 61.5 Å². The third kappa shape index (κ3) is 5.88. The molecule has 2 aromatic carbocycles. The van der Waals surface area contributed by atoms with Gasteiger partial charge in [-0.3, -0.25) is 9.59 Å². The van der Waals surface area contributed by atoms with E-state index in [0.29, 0.717) is 17.4 Å². The van der Waals surface area contributed by atoms with Gasteiger partial charge in [-0.25, -0.2) is 9.97 Å². The number of thioether (sulfide) groups is 1. The second-order valence-corrected chi connectivity index (χ2v) is 9.11. The van der Waals surface area contributed by atoms with Crippen LogP contribution in [0.15, 0.2) is 70.6 Å². The Morgan fingerprint density at radius 1 is 1.12 bits per heavy atom. The van der Waals surface area contributed by atoms with Crippen molar-refractivity contribution in [2.75, 3.05) is 12.9 Å². The number of amides is 1. The number of H-pyrrole nitrogens is 1. The normalized spacial score (nSPS) is 10.7. The molecule has 2 aromatic heterocycles. The quantitative estimate of drug-likeness (QED) is 0.290. The van der Waals surface area contributed by atoms with Gasteiger partial charge in [-0.2, -0.15) is 0 Å². The van der Waals surface area contributed by atoms with Crippen LogP contribution < -0.4 is 15.6 Å². The first kappa shape index (κ1) is 22.8. The number of nitrogens with zero attached hydrogens (tertiary/aromatic N) is 2. The van der Waals surface area contributed by atoms with Crippen molar-refractivity contribution in [2.24, 2.45) is 0 Å². The van der Waals surface area contributed by atoms with Crippen LogP contribution in [0.25, 0.3) is 21.1 Å². The Morgan fingerprint density at radius 2 is 1.88 bits per heavy atom. The van der Waals surface area contributed by atoms with Crippen LogP contribution in [0.2, 0.25) is 0 Å². The fraction of sp³-hybridized carbons (Fsp3) is 0.167. The van der Waals surface area contributed by atoms with Gasteiger partial charge >= 0.3 is 0 Å². The highest BCUT2D eigenvalue weighted by Gasteiger charge is 2.15. The average molecular weight is 479 g/mol. The molecule has 168 valence electrons. The number of hydrogen-bond acceptors (Lipinski definition) is 7. The molecular weight excluding hydrogens is 456 g/mol. The highest BCUT2D eigenvalue weighted by atomic mass is 32.2. The van der Waals surface area contributed by atoms with Crippen LogP contribution >= 0.6 is 23.1 Å². The average Bonchev–Trinajstić information content (AvgIpc) is 3.23. The summed E-state index contributed by atoms with van der Waals surface area (Å²) in [5.41, 5.74) is 3.08. The maximum absolute atomic E-state index is 12.3. The predicted octanol–water partition coefficient (Wildman–Crippen LogP) is 4.29. The van der Waals surface area contributed by atoms with Crippen molar-refractivity contribution in [3.8, 4) is 26.9 Å². The van der Waals surface area contributed by atoms with E-state index < -0.39 is 0 Å². The minimum absolute atomic E-state index is 0.138. The summed E-state index contributed by atoms with van der Waals surface area (Å²) in [6.45, 7) is 2.32. The summed E-state index contributed by atoms with van der Waals surface area (Å²) in [4.78, 5) is 37.3. The van der Waals surface area contributed by atoms with Crippen LogP contribution in [0.4, 0.5) is 0 Å². The molecule has 0 radical (unpaired) electrons. The molecular formula is C24H22N4O3S2. The monoisotopic (exact) mass is 478 g/mol. The van der Waals surface area contributed by atoms with Crippen LogP contribution in [0.3, 0.4) is 0 Å². The molecule has 0 bridgehead atoms.